The van der Waals surface area contributed by atoms with Crippen molar-refractivity contribution in [2.24, 2.45) is 0 Å². The Labute approximate surface area is 143 Å². The molecule has 1 aliphatic rings. The molecule has 4 nitrogen and oxygen atoms in total. The molecule has 4 heteroatoms. The number of aromatic nitrogens is 1. The van der Waals surface area contributed by atoms with Gasteiger partial charge in [0.25, 0.3) is 0 Å². The van der Waals surface area contributed by atoms with Gasteiger partial charge in [0.2, 0.25) is 5.91 Å². The number of benzene rings is 1. The normalized spacial score (nSPS) is 20.9. The summed E-state index contributed by atoms with van der Waals surface area (Å²) in [6.45, 7) is 6.27. The zero-order valence-electron chi connectivity index (χ0n) is 14.4. The average molecular weight is 323 g/mol. The van der Waals surface area contributed by atoms with Crippen LogP contribution in [0, 0.1) is 6.92 Å². The highest BCUT2D eigenvalue weighted by Gasteiger charge is 2.31. The fraction of sp³-hybridized carbons (Fsp3) is 0.400. The van der Waals surface area contributed by atoms with Crippen molar-refractivity contribution in [2.75, 3.05) is 13.1 Å². The molecule has 0 saturated carbocycles. The maximum Gasteiger partial charge on any atom is 0.234 e. The van der Waals surface area contributed by atoms with Gasteiger partial charge in [-0.15, -0.1) is 0 Å². The third-order valence-corrected chi connectivity index (χ3v) is 4.87. The summed E-state index contributed by atoms with van der Waals surface area (Å²) in [5.41, 5.74) is 3.65. The van der Waals surface area contributed by atoms with Gasteiger partial charge < -0.3 is 5.32 Å². The van der Waals surface area contributed by atoms with Crippen LogP contribution < -0.4 is 5.32 Å². The molecule has 0 bridgehead atoms. The van der Waals surface area contributed by atoms with Crippen LogP contribution in [0.1, 0.15) is 36.1 Å². The maximum atomic E-state index is 12.2. The Balaban J connectivity index is 1.54. The third kappa shape index (κ3) is 4.01. The van der Waals surface area contributed by atoms with Gasteiger partial charge in [-0.3, -0.25) is 14.7 Å². The highest BCUT2D eigenvalue weighted by molar-refractivity contribution is 5.78. The largest absolute Gasteiger partial charge is 0.349 e. The van der Waals surface area contributed by atoms with Gasteiger partial charge in [0.1, 0.15) is 0 Å². The lowest BCUT2D eigenvalue weighted by molar-refractivity contribution is -0.122. The predicted octanol–water partition coefficient (Wildman–Crippen LogP) is 2.88. The highest BCUT2D eigenvalue weighted by Crippen LogP contribution is 2.32. The van der Waals surface area contributed by atoms with E-state index in [1.807, 2.05) is 18.2 Å². The fourth-order valence-electron chi connectivity index (χ4n) is 3.52. The van der Waals surface area contributed by atoms with Crippen molar-refractivity contribution in [3.63, 3.8) is 0 Å². The van der Waals surface area contributed by atoms with Gasteiger partial charge in [-0.1, -0.05) is 30.3 Å². The number of hydrogen-bond donors (Lipinski definition) is 1. The number of likely N-dealkylation sites (tertiary alicyclic amines) is 1. The molecule has 2 aromatic rings. The van der Waals surface area contributed by atoms with E-state index in [2.05, 4.69) is 53.3 Å². The second-order valence-electron chi connectivity index (χ2n) is 6.67. The molecule has 1 aromatic carbocycles. The summed E-state index contributed by atoms with van der Waals surface area (Å²) in [4.78, 5) is 18.8. The second-order valence-corrected chi connectivity index (χ2v) is 6.67. The third-order valence-electron chi connectivity index (χ3n) is 4.87. The van der Waals surface area contributed by atoms with Crippen molar-refractivity contribution >= 4 is 5.91 Å². The molecule has 1 fully saturated rings. The van der Waals surface area contributed by atoms with Crippen LogP contribution in [0.4, 0.5) is 0 Å². The molecule has 0 radical (unpaired) electrons. The number of rotatable bonds is 5. The SMILES string of the molecule is Cc1ccccc1[C@@H]1C[C@@H](C)N(CC(=O)NCc2ccccn2)C1. The van der Waals surface area contributed by atoms with Crippen LogP contribution in [0.2, 0.25) is 0 Å². The van der Waals surface area contributed by atoms with E-state index in [0.717, 1.165) is 18.7 Å². The van der Waals surface area contributed by atoms with Crippen molar-refractivity contribution < 1.29 is 4.79 Å². The van der Waals surface area contributed by atoms with E-state index in [1.165, 1.54) is 11.1 Å². The van der Waals surface area contributed by atoms with E-state index in [1.54, 1.807) is 6.20 Å². The lowest BCUT2D eigenvalue weighted by atomic mass is 9.93. The molecule has 126 valence electrons. The van der Waals surface area contributed by atoms with Gasteiger partial charge >= 0.3 is 0 Å². The topological polar surface area (TPSA) is 45.2 Å². The lowest BCUT2D eigenvalue weighted by Gasteiger charge is -2.20. The molecule has 0 aliphatic carbocycles. The van der Waals surface area contributed by atoms with Crippen molar-refractivity contribution in [1.82, 2.24) is 15.2 Å². The lowest BCUT2D eigenvalue weighted by Crippen LogP contribution is -2.38. The van der Waals surface area contributed by atoms with E-state index >= 15 is 0 Å². The van der Waals surface area contributed by atoms with E-state index in [9.17, 15) is 4.79 Å². The maximum absolute atomic E-state index is 12.2. The van der Waals surface area contributed by atoms with Gasteiger partial charge in [0.05, 0.1) is 18.8 Å². The van der Waals surface area contributed by atoms with Crippen molar-refractivity contribution in [2.45, 2.75) is 38.8 Å². The number of pyridine rings is 1. The standard InChI is InChI=1S/C20H25N3O/c1-15-7-3-4-9-19(15)17-11-16(2)23(13-17)14-20(24)22-12-18-8-5-6-10-21-18/h3-10,16-17H,11-14H2,1-2H3,(H,22,24)/t16-,17-/m1/s1. The summed E-state index contributed by atoms with van der Waals surface area (Å²) in [5.74, 6) is 0.586. The Morgan fingerprint density at radius 2 is 2.04 bits per heavy atom. The van der Waals surface area contributed by atoms with Gasteiger partial charge in [-0.05, 0) is 49.4 Å². The molecule has 1 N–H and O–H groups in total. The first kappa shape index (κ1) is 16.7. The summed E-state index contributed by atoms with van der Waals surface area (Å²) in [6.07, 6.45) is 2.86. The number of hydrogen-bond acceptors (Lipinski definition) is 3. The minimum atomic E-state index is 0.0675. The van der Waals surface area contributed by atoms with Gasteiger partial charge in [-0.2, -0.15) is 0 Å². The van der Waals surface area contributed by atoms with Gasteiger partial charge in [0, 0.05) is 18.8 Å². The van der Waals surface area contributed by atoms with Crippen LogP contribution in [0.25, 0.3) is 0 Å². The summed E-state index contributed by atoms with van der Waals surface area (Å²) in [7, 11) is 0. The average Bonchev–Trinajstić information content (AvgIpc) is 2.95. The number of carbonyl (C=O) groups is 1. The Morgan fingerprint density at radius 3 is 2.79 bits per heavy atom. The molecule has 24 heavy (non-hydrogen) atoms. The molecule has 1 saturated heterocycles. The predicted molar refractivity (Wildman–Crippen MR) is 95.7 cm³/mol. The molecule has 3 rings (SSSR count). The Hall–Kier alpha value is -2.20. The second kappa shape index (κ2) is 7.58. The molecule has 1 aliphatic heterocycles. The van der Waals surface area contributed by atoms with Crippen molar-refractivity contribution in [1.29, 1.82) is 0 Å². The molecule has 0 spiro atoms. The van der Waals surface area contributed by atoms with Crippen LogP contribution in [-0.2, 0) is 11.3 Å². The van der Waals surface area contributed by atoms with Crippen LogP contribution in [0.15, 0.2) is 48.7 Å². The minimum Gasteiger partial charge on any atom is -0.349 e. The smallest absolute Gasteiger partial charge is 0.234 e. The first-order valence-electron chi connectivity index (χ1n) is 8.59. The summed E-state index contributed by atoms with van der Waals surface area (Å²) < 4.78 is 0. The Bertz CT molecular complexity index is 686. The summed E-state index contributed by atoms with van der Waals surface area (Å²) in [6, 6.07) is 14.7. The molecule has 2 heterocycles. The van der Waals surface area contributed by atoms with Crippen LogP contribution >= 0.6 is 0 Å². The van der Waals surface area contributed by atoms with Crippen LogP contribution in [0.3, 0.4) is 0 Å². The quantitative estimate of drug-likeness (QED) is 0.920. The minimum absolute atomic E-state index is 0.0675. The van der Waals surface area contributed by atoms with Crippen LogP contribution in [0.5, 0.6) is 0 Å². The van der Waals surface area contributed by atoms with Crippen molar-refractivity contribution in [3.8, 4) is 0 Å². The first-order valence-corrected chi connectivity index (χ1v) is 8.59. The number of carbonyl (C=O) groups excluding carboxylic acids is 1. The molecule has 0 unspecified atom stereocenters. The number of nitrogens with zero attached hydrogens (tertiary/aromatic N) is 2. The first-order chi connectivity index (χ1) is 11.6. The van der Waals surface area contributed by atoms with Crippen molar-refractivity contribution in [3.05, 3.63) is 65.5 Å². The highest BCUT2D eigenvalue weighted by atomic mass is 16.2. The van der Waals surface area contributed by atoms with Crippen LogP contribution in [-0.4, -0.2) is 34.9 Å². The van der Waals surface area contributed by atoms with Gasteiger partial charge in [-0.25, -0.2) is 0 Å². The van der Waals surface area contributed by atoms with E-state index in [4.69, 9.17) is 0 Å². The van der Waals surface area contributed by atoms with Gasteiger partial charge in [0.15, 0.2) is 0 Å². The molecule has 1 aromatic heterocycles. The monoisotopic (exact) mass is 323 g/mol. The van der Waals surface area contributed by atoms with E-state index in [-0.39, 0.29) is 5.91 Å². The van der Waals surface area contributed by atoms with E-state index < -0.39 is 0 Å². The molecule has 1 amide bonds. The fourth-order valence-corrected chi connectivity index (χ4v) is 3.52. The molecular formula is C20H25N3O. The summed E-state index contributed by atoms with van der Waals surface area (Å²) >= 11 is 0. The number of amides is 1. The Kier molecular flexibility index (Phi) is 5.26. The number of aryl methyl sites for hydroxylation is 1. The zero-order chi connectivity index (χ0) is 16.9. The zero-order valence-corrected chi connectivity index (χ0v) is 14.4. The van der Waals surface area contributed by atoms with E-state index in [0.29, 0.717) is 25.0 Å². The Morgan fingerprint density at radius 1 is 1.25 bits per heavy atom. The molecular weight excluding hydrogens is 298 g/mol. The summed E-state index contributed by atoms with van der Waals surface area (Å²) in [5, 5.41) is 2.97. The number of nitrogens with one attached hydrogen (secondary N) is 1. The molecule has 2 atom stereocenters.